The molecule has 0 spiro atoms. The third kappa shape index (κ3) is 13.4. The van der Waals surface area contributed by atoms with Gasteiger partial charge in [-0.05, 0) is 82.0 Å². The van der Waals surface area contributed by atoms with E-state index < -0.39 is 42.2 Å². The van der Waals surface area contributed by atoms with Crippen LogP contribution in [0.25, 0.3) is 0 Å². The van der Waals surface area contributed by atoms with Gasteiger partial charge in [-0.15, -0.1) is 0 Å². The van der Waals surface area contributed by atoms with Crippen molar-refractivity contribution in [2.24, 2.45) is 23.7 Å². The molecule has 294 valence electrons. The summed E-state index contributed by atoms with van der Waals surface area (Å²) >= 11 is 0. The zero-order chi connectivity index (χ0) is 36.6. The SMILES string of the molecule is CCCCCCCCC(NC(=O)CCCCCCCCCCCNC(=O)NC12CC3CC(CC(C3)C1)C2)C(=O)NC1CC(CO)C(O)C(O)C1O. The van der Waals surface area contributed by atoms with Crippen molar-refractivity contribution in [3.8, 4) is 0 Å². The highest BCUT2D eigenvalue weighted by molar-refractivity contribution is 5.87. The van der Waals surface area contributed by atoms with Gasteiger partial charge in [0.2, 0.25) is 11.8 Å². The van der Waals surface area contributed by atoms with Crippen molar-refractivity contribution in [2.75, 3.05) is 13.2 Å². The summed E-state index contributed by atoms with van der Waals surface area (Å²) < 4.78 is 0. The average Bonchev–Trinajstić information content (AvgIpc) is 3.09. The summed E-state index contributed by atoms with van der Waals surface area (Å²) in [5.74, 6) is 1.27. The molecule has 5 saturated carbocycles. The molecule has 0 heterocycles. The zero-order valence-corrected chi connectivity index (χ0v) is 31.6. The lowest BCUT2D eigenvalue weighted by atomic mass is 9.53. The zero-order valence-electron chi connectivity index (χ0n) is 31.6. The molecular weight excluding hydrogens is 648 g/mol. The fourth-order valence-corrected chi connectivity index (χ4v) is 10.00. The number of hydrogen-bond acceptors (Lipinski definition) is 7. The first-order valence-corrected chi connectivity index (χ1v) is 20.9. The molecule has 4 bridgehead atoms. The fourth-order valence-electron chi connectivity index (χ4n) is 10.00. The maximum atomic E-state index is 13.3. The van der Waals surface area contributed by atoms with E-state index in [1.54, 1.807) is 0 Å². The second-order valence-electron chi connectivity index (χ2n) is 17.0. The molecule has 0 aliphatic heterocycles. The summed E-state index contributed by atoms with van der Waals surface area (Å²) in [6.45, 7) is 2.54. The van der Waals surface area contributed by atoms with Crippen molar-refractivity contribution in [2.45, 2.75) is 197 Å². The molecule has 5 rings (SSSR count). The Bertz CT molecular complexity index is 1020. The van der Waals surface area contributed by atoms with Crippen LogP contribution in [0.5, 0.6) is 0 Å². The van der Waals surface area contributed by atoms with E-state index in [0.717, 1.165) is 94.9 Å². The highest BCUT2D eigenvalue weighted by atomic mass is 16.4. The molecule has 0 aromatic rings. The highest BCUT2D eigenvalue weighted by Crippen LogP contribution is 2.55. The van der Waals surface area contributed by atoms with Crippen molar-refractivity contribution < 1.29 is 34.8 Å². The Morgan fingerprint density at radius 2 is 1.24 bits per heavy atom. The predicted octanol–water partition coefficient (Wildman–Crippen LogP) is 4.97. The molecule has 0 saturated heterocycles. The number of urea groups is 1. The minimum absolute atomic E-state index is 0.0284. The Morgan fingerprint density at radius 3 is 1.82 bits per heavy atom. The van der Waals surface area contributed by atoms with Gasteiger partial charge in [0.1, 0.15) is 18.2 Å². The smallest absolute Gasteiger partial charge is 0.315 e. The first-order valence-electron chi connectivity index (χ1n) is 20.9. The second kappa shape index (κ2) is 21.7. The number of carbonyl (C=O) groups excluding carboxylic acids is 3. The molecule has 6 unspecified atom stereocenters. The van der Waals surface area contributed by atoms with Crippen LogP contribution in [0.4, 0.5) is 4.79 Å². The van der Waals surface area contributed by atoms with Crippen LogP contribution in [0.1, 0.15) is 161 Å². The van der Waals surface area contributed by atoms with E-state index in [2.05, 4.69) is 28.2 Å². The van der Waals surface area contributed by atoms with Gasteiger partial charge in [0.05, 0.1) is 12.1 Å². The average molecular weight is 721 g/mol. The number of aliphatic hydroxyl groups excluding tert-OH is 4. The second-order valence-corrected chi connectivity index (χ2v) is 17.0. The standard InChI is InChI=1S/C40H72N4O7/c1-2-3-4-5-11-14-17-32(38(50)43-33-23-31(27-45)35(47)37(49)36(33)48)42-34(46)18-15-12-9-7-6-8-10-13-16-19-41-39(51)44-40-24-28-20-29(25-40)22-30(21-28)26-40/h28-33,35-37,45,47-49H,2-27H2,1H3,(H,42,46)(H,43,50)(H2,41,44,51). The summed E-state index contributed by atoms with van der Waals surface area (Å²) in [6.07, 6.45) is 20.5. The number of nitrogens with one attached hydrogen (secondary N) is 4. The molecule has 11 nitrogen and oxygen atoms in total. The van der Waals surface area contributed by atoms with Crippen LogP contribution in [-0.2, 0) is 9.59 Å². The van der Waals surface area contributed by atoms with Gasteiger partial charge >= 0.3 is 6.03 Å². The quantitative estimate of drug-likeness (QED) is 0.0649. The van der Waals surface area contributed by atoms with Gasteiger partial charge in [0.15, 0.2) is 0 Å². The van der Waals surface area contributed by atoms with Crippen LogP contribution in [0.2, 0.25) is 0 Å². The van der Waals surface area contributed by atoms with E-state index in [1.807, 2.05) is 0 Å². The Balaban J connectivity index is 1.03. The van der Waals surface area contributed by atoms with Gasteiger partial charge in [0, 0.05) is 31.0 Å². The maximum absolute atomic E-state index is 13.3. The monoisotopic (exact) mass is 721 g/mol. The van der Waals surface area contributed by atoms with Crippen molar-refractivity contribution in [1.29, 1.82) is 0 Å². The molecule has 4 amide bonds. The third-order valence-corrected chi connectivity index (χ3v) is 12.5. The lowest BCUT2D eigenvalue weighted by Gasteiger charge is -2.56. The molecular formula is C40H72N4O7. The van der Waals surface area contributed by atoms with Crippen LogP contribution in [0, 0.1) is 23.7 Å². The van der Waals surface area contributed by atoms with Gasteiger partial charge in [-0.2, -0.15) is 0 Å². The lowest BCUT2D eigenvalue weighted by molar-refractivity contribution is -0.142. The number of aliphatic hydroxyl groups is 4. The van der Waals surface area contributed by atoms with Gasteiger partial charge in [-0.3, -0.25) is 9.59 Å². The van der Waals surface area contributed by atoms with E-state index in [4.69, 9.17) is 0 Å². The Kier molecular flexibility index (Phi) is 17.8. The summed E-state index contributed by atoms with van der Waals surface area (Å²) in [5, 5.41) is 52.7. The van der Waals surface area contributed by atoms with Crippen molar-refractivity contribution in [3.63, 3.8) is 0 Å². The summed E-state index contributed by atoms with van der Waals surface area (Å²) in [7, 11) is 0. The molecule has 0 radical (unpaired) electrons. The number of carbonyl (C=O) groups is 3. The van der Waals surface area contributed by atoms with E-state index in [0.29, 0.717) is 12.8 Å². The van der Waals surface area contributed by atoms with Crippen LogP contribution in [0.15, 0.2) is 0 Å². The lowest BCUT2D eigenvalue weighted by Crippen LogP contribution is -2.61. The molecule has 5 fully saturated rings. The Hall–Kier alpha value is -1.95. The van der Waals surface area contributed by atoms with Gasteiger partial charge < -0.3 is 41.7 Å². The van der Waals surface area contributed by atoms with E-state index in [-0.39, 0.29) is 30.5 Å². The largest absolute Gasteiger partial charge is 0.396 e. The molecule has 51 heavy (non-hydrogen) atoms. The normalized spacial score (nSPS) is 31.6. The van der Waals surface area contributed by atoms with E-state index in [1.165, 1.54) is 64.2 Å². The maximum Gasteiger partial charge on any atom is 0.315 e. The van der Waals surface area contributed by atoms with Gasteiger partial charge in [0.25, 0.3) is 0 Å². The Labute approximate surface area is 307 Å². The molecule has 11 heteroatoms. The minimum Gasteiger partial charge on any atom is -0.396 e. The first kappa shape index (κ1) is 41.8. The number of rotatable bonds is 24. The highest BCUT2D eigenvalue weighted by Gasteiger charge is 2.51. The molecule has 0 aromatic carbocycles. The van der Waals surface area contributed by atoms with E-state index in [9.17, 15) is 34.8 Å². The van der Waals surface area contributed by atoms with Crippen LogP contribution in [0.3, 0.4) is 0 Å². The summed E-state index contributed by atoms with van der Waals surface area (Å²) in [5.41, 5.74) is 0.0686. The molecule has 6 atom stereocenters. The molecule has 5 aliphatic rings. The summed E-state index contributed by atoms with van der Waals surface area (Å²) in [6, 6.07) is -1.53. The predicted molar refractivity (Wildman–Crippen MR) is 199 cm³/mol. The van der Waals surface area contributed by atoms with Crippen molar-refractivity contribution in [1.82, 2.24) is 21.3 Å². The molecule has 5 aliphatic carbocycles. The first-order chi connectivity index (χ1) is 24.6. The number of amides is 4. The fraction of sp³-hybridized carbons (Fsp3) is 0.925. The van der Waals surface area contributed by atoms with Crippen LogP contribution < -0.4 is 21.3 Å². The number of hydrogen-bond donors (Lipinski definition) is 8. The van der Waals surface area contributed by atoms with Crippen LogP contribution in [-0.4, -0.2) is 87.4 Å². The van der Waals surface area contributed by atoms with E-state index >= 15 is 0 Å². The van der Waals surface area contributed by atoms with Crippen molar-refractivity contribution >= 4 is 17.8 Å². The number of unbranched alkanes of at least 4 members (excludes halogenated alkanes) is 13. The minimum atomic E-state index is -1.47. The molecule has 8 N–H and O–H groups in total. The van der Waals surface area contributed by atoms with Crippen LogP contribution >= 0.6 is 0 Å². The van der Waals surface area contributed by atoms with Gasteiger partial charge in [-0.1, -0.05) is 90.4 Å². The topological polar surface area (TPSA) is 180 Å². The third-order valence-electron chi connectivity index (χ3n) is 12.5. The van der Waals surface area contributed by atoms with Gasteiger partial charge in [-0.25, -0.2) is 4.79 Å². The Morgan fingerprint density at radius 1 is 0.686 bits per heavy atom. The van der Waals surface area contributed by atoms with Crippen molar-refractivity contribution in [3.05, 3.63) is 0 Å². The summed E-state index contributed by atoms with van der Waals surface area (Å²) in [4.78, 5) is 38.8. The molecule has 0 aromatic heterocycles.